The number of halogens is 3. The van der Waals surface area contributed by atoms with E-state index in [1.807, 2.05) is 12.1 Å². The fourth-order valence-electron chi connectivity index (χ4n) is 2.85. The summed E-state index contributed by atoms with van der Waals surface area (Å²) in [6, 6.07) is 9.60. The summed E-state index contributed by atoms with van der Waals surface area (Å²) in [4.78, 5) is 14.4. The summed E-state index contributed by atoms with van der Waals surface area (Å²) in [6.45, 7) is 1.96. The molecule has 4 nitrogen and oxygen atoms in total. The van der Waals surface area contributed by atoms with Crippen LogP contribution in [0.3, 0.4) is 0 Å². The number of hydrogen-bond donors (Lipinski definition) is 2. The summed E-state index contributed by atoms with van der Waals surface area (Å²) in [6.07, 6.45) is 2.30. The van der Waals surface area contributed by atoms with Gasteiger partial charge in [0.1, 0.15) is 5.82 Å². The van der Waals surface area contributed by atoms with Crippen molar-refractivity contribution in [2.24, 2.45) is 0 Å². The summed E-state index contributed by atoms with van der Waals surface area (Å²) in [7, 11) is 0. The van der Waals surface area contributed by atoms with Crippen LogP contribution in [0.4, 0.5) is 21.5 Å². The Hall–Kier alpha value is -1.98. The minimum absolute atomic E-state index is 0.00681. The van der Waals surface area contributed by atoms with Gasteiger partial charge in [-0.3, -0.25) is 4.79 Å². The molecule has 2 aromatic carbocycles. The Labute approximate surface area is 155 Å². The number of benzene rings is 2. The lowest BCUT2D eigenvalue weighted by atomic mass is 10.2. The number of amides is 1. The Balaban J connectivity index is 1.67. The summed E-state index contributed by atoms with van der Waals surface area (Å²) in [5.74, 6) is -0.897. The molecule has 1 aliphatic heterocycles. The first-order valence-corrected chi connectivity index (χ1v) is 8.82. The number of anilines is 3. The van der Waals surface area contributed by atoms with Gasteiger partial charge < -0.3 is 15.5 Å². The van der Waals surface area contributed by atoms with E-state index in [1.54, 1.807) is 6.07 Å². The molecular weight excluding hydrogens is 364 g/mol. The summed E-state index contributed by atoms with van der Waals surface area (Å²) in [5.41, 5.74) is 1.87. The minimum Gasteiger partial charge on any atom is -0.374 e. The first-order chi connectivity index (χ1) is 12.0. The van der Waals surface area contributed by atoms with Crippen LogP contribution in [0.15, 0.2) is 36.4 Å². The van der Waals surface area contributed by atoms with E-state index in [0.29, 0.717) is 10.0 Å². The molecule has 0 radical (unpaired) electrons. The van der Waals surface area contributed by atoms with Crippen molar-refractivity contribution in [3.63, 3.8) is 0 Å². The predicted octanol–water partition coefficient (Wildman–Crippen LogP) is 4.78. The van der Waals surface area contributed by atoms with Gasteiger partial charge in [0.2, 0.25) is 5.91 Å². The standard InChI is InChI=1S/C18H18Cl2FN3O/c19-12-3-5-14(21)15(9-12)23-18(25)11-22-16-10-13(20)4-6-17(16)24-7-1-2-8-24/h3-6,9-10,22H,1-2,7-8,11H2,(H,23,25). The van der Waals surface area contributed by atoms with Crippen LogP contribution in [0, 0.1) is 5.82 Å². The predicted molar refractivity (Wildman–Crippen MR) is 101 cm³/mol. The second kappa shape index (κ2) is 7.93. The van der Waals surface area contributed by atoms with Gasteiger partial charge in [0.15, 0.2) is 0 Å². The zero-order chi connectivity index (χ0) is 17.8. The first-order valence-electron chi connectivity index (χ1n) is 8.06. The van der Waals surface area contributed by atoms with Crippen LogP contribution in [0.2, 0.25) is 10.0 Å². The molecule has 132 valence electrons. The van der Waals surface area contributed by atoms with Crippen molar-refractivity contribution in [3.05, 3.63) is 52.3 Å². The second-order valence-electron chi connectivity index (χ2n) is 5.88. The van der Waals surface area contributed by atoms with Crippen LogP contribution in [-0.4, -0.2) is 25.5 Å². The van der Waals surface area contributed by atoms with Gasteiger partial charge >= 0.3 is 0 Å². The Kier molecular flexibility index (Phi) is 5.66. The zero-order valence-electron chi connectivity index (χ0n) is 13.5. The molecule has 1 amide bonds. The third-order valence-electron chi connectivity index (χ3n) is 4.05. The Morgan fingerprint density at radius 1 is 1.04 bits per heavy atom. The van der Waals surface area contributed by atoms with Crippen LogP contribution in [0.1, 0.15) is 12.8 Å². The molecule has 0 aliphatic carbocycles. The zero-order valence-corrected chi connectivity index (χ0v) is 15.0. The Morgan fingerprint density at radius 3 is 2.40 bits per heavy atom. The molecule has 0 saturated carbocycles. The quantitative estimate of drug-likeness (QED) is 0.782. The molecule has 0 atom stereocenters. The largest absolute Gasteiger partial charge is 0.374 e. The molecule has 1 saturated heterocycles. The monoisotopic (exact) mass is 381 g/mol. The molecule has 2 aromatic rings. The maximum absolute atomic E-state index is 13.7. The van der Waals surface area contributed by atoms with Crippen molar-refractivity contribution in [2.45, 2.75) is 12.8 Å². The highest BCUT2D eigenvalue weighted by Crippen LogP contribution is 2.31. The number of carbonyl (C=O) groups is 1. The highest BCUT2D eigenvalue weighted by Gasteiger charge is 2.16. The smallest absolute Gasteiger partial charge is 0.243 e. The van der Waals surface area contributed by atoms with Gasteiger partial charge in [-0.05, 0) is 49.2 Å². The third-order valence-corrected chi connectivity index (χ3v) is 4.52. The van der Waals surface area contributed by atoms with Gasteiger partial charge in [-0.2, -0.15) is 0 Å². The maximum Gasteiger partial charge on any atom is 0.243 e. The van der Waals surface area contributed by atoms with Crippen molar-refractivity contribution in [1.29, 1.82) is 0 Å². The Bertz CT molecular complexity index is 779. The SMILES string of the molecule is O=C(CNc1cc(Cl)ccc1N1CCCC1)Nc1cc(Cl)ccc1F. The molecule has 0 spiro atoms. The van der Waals surface area contributed by atoms with Crippen molar-refractivity contribution in [3.8, 4) is 0 Å². The molecule has 7 heteroatoms. The van der Waals surface area contributed by atoms with E-state index in [4.69, 9.17) is 23.2 Å². The van der Waals surface area contributed by atoms with E-state index in [9.17, 15) is 9.18 Å². The molecule has 0 unspecified atom stereocenters. The second-order valence-corrected chi connectivity index (χ2v) is 6.75. The fourth-order valence-corrected chi connectivity index (χ4v) is 3.19. The molecule has 2 N–H and O–H groups in total. The van der Waals surface area contributed by atoms with Gasteiger partial charge in [-0.15, -0.1) is 0 Å². The highest BCUT2D eigenvalue weighted by molar-refractivity contribution is 6.31. The maximum atomic E-state index is 13.7. The van der Waals surface area contributed by atoms with E-state index in [0.717, 1.165) is 37.3 Å². The average Bonchev–Trinajstić information content (AvgIpc) is 3.11. The molecule has 25 heavy (non-hydrogen) atoms. The summed E-state index contributed by atoms with van der Waals surface area (Å²) < 4.78 is 13.7. The van der Waals surface area contributed by atoms with E-state index in [1.165, 1.54) is 18.2 Å². The van der Waals surface area contributed by atoms with Gasteiger partial charge in [0, 0.05) is 23.1 Å². The molecule has 3 rings (SSSR count). The van der Waals surface area contributed by atoms with Crippen LogP contribution < -0.4 is 15.5 Å². The van der Waals surface area contributed by atoms with Crippen molar-refractivity contribution >= 4 is 46.2 Å². The summed E-state index contributed by atoms with van der Waals surface area (Å²) >= 11 is 11.9. The van der Waals surface area contributed by atoms with E-state index in [2.05, 4.69) is 15.5 Å². The molecule has 1 fully saturated rings. The fraction of sp³-hybridized carbons (Fsp3) is 0.278. The Morgan fingerprint density at radius 2 is 1.68 bits per heavy atom. The van der Waals surface area contributed by atoms with E-state index >= 15 is 0 Å². The number of carbonyl (C=O) groups excluding carboxylic acids is 1. The van der Waals surface area contributed by atoms with E-state index < -0.39 is 5.82 Å². The lowest BCUT2D eigenvalue weighted by molar-refractivity contribution is -0.114. The van der Waals surface area contributed by atoms with Crippen LogP contribution in [0.5, 0.6) is 0 Å². The number of rotatable bonds is 5. The van der Waals surface area contributed by atoms with Crippen LogP contribution in [0.25, 0.3) is 0 Å². The van der Waals surface area contributed by atoms with Crippen molar-refractivity contribution in [2.75, 3.05) is 35.2 Å². The lowest BCUT2D eigenvalue weighted by Crippen LogP contribution is -2.24. The number of nitrogens with one attached hydrogen (secondary N) is 2. The van der Waals surface area contributed by atoms with E-state index in [-0.39, 0.29) is 18.1 Å². The topological polar surface area (TPSA) is 44.4 Å². The van der Waals surface area contributed by atoms with Gasteiger partial charge in [0.05, 0.1) is 23.6 Å². The minimum atomic E-state index is -0.529. The highest BCUT2D eigenvalue weighted by atomic mass is 35.5. The lowest BCUT2D eigenvalue weighted by Gasteiger charge is -2.22. The van der Waals surface area contributed by atoms with Gasteiger partial charge in [-0.1, -0.05) is 23.2 Å². The third kappa shape index (κ3) is 4.55. The molecular formula is C18H18Cl2FN3O. The average molecular weight is 382 g/mol. The molecule has 1 aliphatic rings. The number of nitrogens with zero attached hydrogens (tertiary/aromatic N) is 1. The van der Waals surface area contributed by atoms with Gasteiger partial charge in [0.25, 0.3) is 0 Å². The molecule has 1 heterocycles. The molecule has 0 bridgehead atoms. The van der Waals surface area contributed by atoms with Crippen molar-refractivity contribution < 1.29 is 9.18 Å². The van der Waals surface area contributed by atoms with Crippen LogP contribution in [-0.2, 0) is 4.79 Å². The van der Waals surface area contributed by atoms with Crippen LogP contribution >= 0.6 is 23.2 Å². The normalized spacial score (nSPS) is 13.8. The number of hydrogen-bond acceptors (Lipinski definition) is 3. The summed E-state index contributed by atoms with van der Waals surface area (Å²) in [5, 5.41) is 6.56. The van der Waals surface area contributed by atoms with Crippen molar-refractivity contribution in [1.82, 2.24) is 0 Å². The molecule has 0 aromatic heterocycles. The van der Waals surface area contributed by atoms with Gasteiger partial charge in [-0.25, -0.2) is 4.39 Å². The first kappa shape index (κ1) is 17.8.